The first-order chi connectivity index (χ1) is 15.3. The van der Waals surface area contributed by atoms with Crippen LogP contribution in [-0.2, 0) is 15.5 Å². The van der Waals surface area contributed by atoms with Crippen molar-refractivity contribution in [2.75, 3.05) is 5.32 Å². The lowest BCUT2D eigenvalue weighted by Crippen LogP contribution is -2.13. The van der Waals surface area contributed by atoms with Gasteiger partial charge in [-0.1, -0.05) is 109 Å². The molecule has 0 aliphatic rings. The molecule has 0 fully saturated rings. The third kappa shape index (κ3) is 14.8. The SMILES string of the molecule is CCCCCCCCCCCCCCCCCC(=O)Nc1cccc(C)c1CP(=O)(O)O. The van der Waals surface area contributed by atoms with E-state index in [4.69, 9.17) is 0 Å². The Kier molecular flexibility index (Phi) is 15.6. The lowest BCUT2D eigenvalue weighted by molar-refractivity contribution is -0.116. The van der Waals surface area contributed by atoms with Gasteiger partial charge in [0.25, 0.3) is 0 Å². The fraction of sp³-hybridized carbons (Fsp3) is 0.731. The van der Waals surface area contributed by atoms with Crippen molar-refractivity contribution in [3.8, 4) is 0 Å². The first kappa shape index (κ1) is 28.9. The minimum atomic E-state index is -4.19. The summed E-state index contributed by atoms with van der Waals surface area (Å²) in [6, 6.07) is 5.30. The lowest BCUT2D eigenvalue weighted by Gasteiger charge is -2.14. The van der Waals surface area contributed by atoms with Crippen LogP contribution in [0.25, 0.3) is 0 Å². The van der Waals surface area contributed by atoms with Crippen LogP contribution in [0.2, 0.25) is 0 Å². The standard InChI is InChI=1S/C26H46NO4P/c1-3-4-5-6-7-8-9-10-11-12-13-14-15-16-17-21-26(28)27-25-20-18-19-23(2)24(25)22-32(29,30)31/h18-20H,3-17,21-22H2,1-2H3,(H,27,28)(H2,29,30,31). The van der Waals surface area contributed by atoms with E-state index in [0.29, 0.717) is 17.7 Å². The molecule has 0 aliphatic heterocycles. The molecule has 1 aromatic rings. The van der Waals surface area contributed by atoms with Gasteiger partial charge in [-0.25, -0.2) is 0 Å². The number of amides is 1. The Bertz CT molecular complexity index is 686. The van der Waals surface area contributed by atoms with Crippen molar-refractivity contribution >= 4 is 19.2 Å². The van der Waals surface area contributed by atoms with Gasteiger partial charge < -0.3 is 15.1 Å². The number of hydrogen-bond donors (Lipinski definition) is 3. The molecule has 6 heteroatoms. The Morgan fingerprint density at radius 3 is 1.75 bits per heavy atom. The summed E-state index contributed by atoms with van der Waals surface area (Å²) in [5.41, 5.74) is 1.81. The maximum Gasteiger partial charge on any atom is 0.330 e. The number of aryl methyl sites for hydroxylation is 1. The molecule has 0 unspecified atom stereocenters. The average Bonchev–Trinajstić information content (AvgIpc) is 2.72. The van der Waals surface area contributed by atoms with Crippen LogP contribution in [0.4, 0.5) is 5.69 Å². The summed E-state index contributed by atoms with van der Waals surface area (Å²) in [6.45, 7) is 4.06. The van der Waals surface area contributed by atoms with Gasteiger partial charge in [0.2, 0.25) is 5.91 Å². The summed E-state index contributed by atoms with van der Waals surface area (Å²) in [6.07, 6.45) is 19.4. The molecule has 0 atom stereocenters. The molecule has 0 spiro atoms. The van der Waals surface area contributed by atoms with E-state index in [1.165, 1.54) is 83.5 Å². The van der Waals surface area contributed by atoms with Crippen molar-refractivity contribution < 1.29 is 19.1 Å². The summed E-state index contributed by atoms with van der Waals surface area (Å²) < 4.78 is 11.4. The Hall–Kier alpha value is -1.16. The monoisotopic (exact) mass is 467 g/mol. The van der Waals surface area contributed by atoms with Crippen molar-refractivity contribution in [2.24, 2.45) is 0 Å². The molecular weight excluding hydrogens is 421 g/mol. The van der Waals surface area contributed by atoms with Crippen LogP contribution >= 0.6 is 7.60 Å². The number of carbonyl (C=O) groups is 1. The minimum Gasteiger partial charge on any atom is -0.326 e. The smallest absolute Gasteiger partial charge is 0.326 e. The molecule has 5 nitrogen and oxygen atoms in total. The van der Waals surface area contributed by atoms with Gasteiger partial charge in [-0.2, -0.15) is 0 Å². The molecule has 1 aromatic carbocycles. The zero-order valence-corrected chi connectivity index (χ0v) is 21.3. The molecule has 184 valence electrons. The van der Waals surface area contributed by atoms with E-state index in [2.05, 4.69) is 12.2 Å². The highest BCUT2D eigenvalue weighted by molar-refractivity contribution is 7.50. The number of benzene rings is 1. The van der Waals surface area contributed by atoms with E-state index < -0.39 is 7.60 Å². The quantitative estimate of drug-likeness (QED) is 0.143. The van der Waals surface area contributed by atoms with Crippen LogP contribution in [-0.4, -0.2) is 15.7 Å². The highest BCUT2D eigenvalue weighted by Gasteiger charge is 2.19. The van der Waals surface area contributed by atoms with E-state index in [-0.39, 0.29) is 12.1 Å². The highest BCUT2D eigenvalue weighted by atomic mass is 31.2. The summed E-state index contributed by atoms with van der Waals surface area (Å²) >= 11 is 0. The van der Waals surface area contributed by atoms with Crippen molar-refractivity contribution in [3.63, 3.8) is 0 Å². The summed E-state index contributed by atoms with van der Waals surface area (Å²) in [7, 11) is -4.19. The summed E-state index contributed by atoms with van der Waals surface area (Å²) in [5, 5.41) is 2.84. The van der Waals surface area contributed by atoms with Gasteiger partial charge in [0, 0.05) is 12.1 Å². The summed E-state index contributed by atoms with van der Waals surface area (Å²) in [5.74, 6) is -0.0859. The van der Waals surface area contributed by atoms with Crippen molar-refractivity contribution in [1.29, 1.82) is 0 Å². The van der Waals surface area contributed by atoms with E-state index in [1.54, 1.807) is 25.1 Å². The second-order valence-electron chi connectivity index (χ2n) is 9.17. The van der Waals surface area contributed by atoms with Gasteiger partial charge in [-0.05, 0) is 30.5 Å². The summed E-state index contributed by atoms with van der Waals surface area (Å²) in [4.78, 5) is 30.9. The molecule has 0 radical (unpaired) electrons. The van der Waals surface area contributed by atoms with Crippen LogP contribution in [0, 0.1) is 6.92 Å². The third-order valence-electron chi connectivity index (χ3n) is 6.06. The molecule has 0 aromatic heterocycles. The molecule has 0 saturated carbocycles. The van der Waals surface area contributed by atoms with Crippen LogP contribution in [0.5, 0.6) is 0 Å². The molecule has 0 bridgehead atoms. The highest BCUT2D eigenvalue weighted by Crippen LogP contribution is 2.42. The van der Waals surface area contributed by atoms with E-state index >= 15 is 0 Å². The van der Waals surface area contributed by atoms with Gasteiger partial charge in [0.05, 0.1) is 6.16 Å². The van der Waals surface area contributed by atoms with E-state index in [9.17, 15) is 19.1 Å². The second kappa shape index (κ2) is 17.3. The number of unbranched alkanes of at least 4 members (excludes halogenated alkanes) is 14. The van der Waals surface area contributed by atoms with Crippen molar-refractivity contribution in [2.45, 2.75) is 123 Å². The Morgan fingerprint density at radius 2 is 1.28 bits per heavy atom. The second-order valence-corrected chi connectivity index (χ2v) is 10.8. The fourth-order valence-electron chi connectivity index (χ4n) is 4.10. The first-order valence-corrected chi connectivity index (χ1v) is 14.6. The predicted molar refractivity (Wildman–Crippen MR) is 135 cm³/mol. The zero-order valence-electron chi connectivity index (χ0n) is 20.4. The Balaban J connectivity index is 2.06. The average molecular weight is 468 g/mol. The molecule has 1 rings (SSSR count). The molecule has 0 heterocycles. The predicted octanol–water partition coefficient (Wildman–Crippen LogP) is 7.87. The largest absolute Gasteiger partial charge is 0.330 e. The van der Waals surface area contributed by atoms with Gasteiger partial charge in [-0.3, -0.25) is 9.36 Å². The normalized spacial score (nSPS) is 11.6. The van der Waals surface area contributed by atoms with E-state index in [1.807, 2.05) is 0 Å². The molecular formula is C26H46NO4P. The van der Waals surface area contributed by atoms with Crippen LogP contribution in [0.3, 0.4) is 0 Å². The third-order valence-corrected chi connectivity index (χ3v) is 6.78. The molecule has 0 saturated heterocycles. The topological polar surface area (TPSA) is 86.6 Å². The first-order valence-electron chi connectivity index (χ1n) is 12.8. The Morgan fingerprint density at radius 1 is 0.812 bits per heavy atom. The molecule has 0 aliphatic carbocycles. The molecule has 3 N–H and O–H groups in total. The minimum absolute atomic E-state index is 0.0859. The van der Waals surface area contributed by atoms with Gasteiger partial charge >= 0.3 is 7.60 Å². The maximum atomic E-state index is 12.3. The Labute approximate surface area is 195 Å². The molecule has 1 amide bonds. The maximum absolute atomic E-state index is 12.3. The van der Waals surface area contributed by atoms with Crippen molar-refractivity contribution in [1.82, 2.24) is 0 Å². The number of anilines is 1. The van der Waals surface area contributed by atoms with Gasteiger partial charge in [0.1, 0.15) is 0 Å². The van der Waals surface area contributed by atoms with Crippen LogP contribution in [0.1, 0.15) is 121 Å². The lowest BCUT2D eigenvalue weighted by atomic mass is 10.0. The number of hydrogen-bond acceptors (Lipinski definition) is 2. The van der Waals surface area contributed by atoms with Gasteiger partial charge in [0.15, 0.2) is 0 Å². The van der Waals surface area contributed by atoms with Crippen LogP contribution < -0.4 is 5.32 Å². The number of nitrogens with one attached hydrogen (secondary N) is 1. The number of carbonyl (C=O) groups excluding carboxylic acids is 1. The number of rotatable bonds is 19. The van der Waals surface area contributed by atoms with Gasteiger partial charge in [-0.15, -0.1) is 0 Å². The zero-order chi connectivity index (χ0) is 23.7. The van der Waals surface area contributed by atoms with Crippen LogP contribution in [0.15, 0.2) is 18.2 Å². The fourth-order valence-corrected chi connectivity index (χ4v) is 4.94. The van der Waals surface area contributed by atoms with E-state index in [0.717, 1.165) is 18.4 Å². The van der Waals surface area contributed by atoms with Crippen molar-refractivity contribution in [3.05, 3.63) is 29.3 Å². The molecule has 32 heavy (non-hydrogen) atoms.